The maximum absolute atomic E-state index is 13.1. The van der Waals surface area contributed by atoms with Gasteiger partial charge in [0.15, 0.2) is 0 Å². The van der Waals surface area contributed by atoms with Crippen molar-refractivity contribution >= 4 is 0 Å². The minimum Gasteiger partial charge on any atom is -0.382 e. The minimum absolute atomic E-state index is 0.500. The van der Waals surface area contributed by atoms with Gasteiger partial charge in [0.05, 0.1) is 0 Å². The van der Waals surface area contributed by atoms with Gasteiger partial charge in [-0.1, -0.05) is 0 Å². The van der Waals surface area contributed by atoms with Gasteiger partial charge in [0, 0.05) is 32.7 Å². The second-order valence-electron chi connectivity index (χ2n) is 2.70. The molecule has 0 aromatic rings. The Morgan fingerprint density at radius 2 is 2.30 bits per heavy atom. The van der Waals surface area contributed by atoms with Crippen molar-refractivity contribution in [1.29, 1.82) is 0 Å². The lowest BCUT2D eigenvalue weighted by Gasteiger charge is -2.34. The molecule has 10 heavy (non-hydrogen) atoms. The highest BCUT2D eigenvalue weighted by molar-refractivity contribution is 4.92. The average molecular weight is 147 g/mol. The summed E-state index contributed by atoms with van der Waals surface area (Å²) in [5.74, 6) is 0. The minimum atomic E-state index is -0.963. The first-order valence-electron chi connectivity index (χ1n) is 3.74. The van der Waals surface area contributed by atoms with E-state index in [1.54, 1.807) is 0 Å². The monoisotopic (exact) mass is 147 g/mol. The third kappa shape index (κ3) is 1.92. The summed E-state index contributed by atoms with van der Waals surface area (Å²) in [4.78, 5) is 0. The van der Waals surface area contributed by atoms with Crippen molar-refractivity contribution < 1.29 is 9.13 Å². The van der Waals surface area contributed by atoms with Crippen molar-refractivity contribution in [3.8, 4) is 0 Å². The van der Waals surface area contributed by atoms with Crippen LogP contribution in [-0.4, -0.2) is 32.0 Å². The van der Waals surface area contributed by atoms with E-state index in [1.807, 2.05) is 6.92 Å². The molecule has 1 fully saturated rings. The molecule has 1 heterocycles. The second-order valence-corrected chi connectivity index (χ2v) is 2.70. The zero-order valence-corrected chi connectivity index (χ0v) is 6.32. The molecular formula is C7H14FNO. The summed E-state index contributed by atoms with van der Waals surface area (Å²) < 4.78 is 18.1. The van der Waals surface area contributed by atoms with Gasteiger partial charge >= 0.3 is 0 Å². The van der Waals surface area contributed by atoms with Gasteiger partial charge < -0.3 is 10.1 Å². The Bertz CT molecular complexity index is 104. The Morgan fingerprint density at radius 3 is 2.70 bits per heavy atom. The topological polar surface area (TPSA) is 21.3 Å². The van der Waals surface area contributed by atoms with E-state index >= 15 is 0 Å². The number of hydrogen-bond donors (Lipinski definition) is 1. The molecule has 2 nitrogen and oxygen atoms in total. The molecule has 3 heteroatoms. The van der Waals surface area contributed by atoms with Gasteiger partial charge in [-0.3, -0.25) is 0 Å². The fraction of sp³-hybridized carbons (Fsp3) is 1.00. The molecule has 1 N–H and O–H groups in total. The van der Waals surface area contributed by atoms with Crippen LogP contribution in [0.2, 0.25) is 0 Å². The van der Waals surface area contributed by atoms with Gasteiger partial charge in [-0.25, -0.2) is 4.39 Å². The Hall–Kier alpha value is -0.150. The molecule has 0 amide bonds. The Balaban J connectivity index is 2.01. The zero-order valence-electron chi connectivity index (χ0n) is 6.32. The first-order chi connectivity index (χ1) is 4.77. The van der Waals surface area contributed by atoms with Crippen LogP contribution in [0.3, 0.4) is 0 Å². The van der Waals surface area contributed by atoms with E-state index in [2.05, 4.69) is 5.32 Å². The Labute approximate surface area is 60.8 Å². The number of nitrogens with one attached hydrogen (secondary N) is 1. The summed E-state index contributed by atoms with van der Waals surface area (Å²) in [5.41, 5.74) is -0.963. The summed E-state index contributed by atoms with van der Waals surface area (Å²) in [7, 11) is 0. The SMILES string of the molecule is CCOCCC1(F)CNC1. The van der Waals surface area contributed by atoms with Crippen LogP contribution in [0.4, 0.5) is 4.39 Å². The van der Waals surface area contributed by atoms with Crippen molar-refractivity contribution in [1.82, 2.24) is 5.32 Å². The Kier molecular flexibility index (Phi) is 2.63. The van der Waals surface area contributed by atoms with Crippen LogP contribution in [0.25, 0.3) is 0 Å². The van der Waals surface area contributed by atoms with Crippen LogP contribution >= 0.6 is 0 Å². The van der Waals surface area contributed by atoms with E-state index in [-0.39, 0.29) is 0 Å². The lowest BCUT2D eigenvalue weighted by molar-refractivity contribution is 0.0364. The average Bonchev–Trinajstić information content (AvgIpc) is 1.85. The molecule has 0 radical (unpaired) electrons. The van der Waals surface area contributed by atoms with Crippen LogP contribution in [0.1, 0.15) is 13.3 Å². The summed E-state index contributed by atoms with van der Waals surface area (Å²) in [6, 6.07) is 0. The first-order valence-corrected chi connectivity index (χ1v) is 3.74. The highest BCUT2D eigenvalue weighted by Crippen LogP contribution is 2.20. The fourth-order valence-electron chi connectivity index (χ4n) is 0.972. The molecule has 0 aromatic heterocycles. The molecule has 60 valence electrons. The molecule has 0 aromatic carbocycles. The Morgan fingerprint density at radius 1 is 1.60 bits per heavy atom. The van der Waals surface area contributed by atoms with Crippen molar-refractivity contribution in [2.45, 2.75) is 19.0 Å². The van der Waals surface area contributed by atoms with E-state index in [0.717, 1.165) is 0 Å². The molecule has 0 spiro atoms. The van der Waals surface area contributed by atoms with E-state index in [0.29, 0.717) is 32.7 Å². The number of alkyl halides is 1. The predicted molar refractivity (Wildman–Crippen MR) is 37.8 cm³/mol. The normalized spacial score (nSPS) is 22.2. The van der Waals surface area contributed by atoms with Gasteiger partial charge in [-0.2, -0.15) is 0 Å². The number of ether oxygens (including phenoxy) is 1. The zero-order chi connectivity index (χ0) is 7.45. The number of hydrogen-bond acceptors (Lipinski definition) is 2. The second kappa shape index (κ2) is 3.30. The molecular weight excluding hydrogens is 133 g/mol. The molecule has 0 aliphatic carbocycles. The van der Waals surface area contributed by atoms with Gasteiger partial charge in [-0.15, -0.1) is 0 Å². The van der Waals surface area contributed by atoms with E-state index in [1.165, 1.54) is 0 Å². The van der Waals surface area contributed by atoms with Crippen LogP contribution < -0.4 is 5.32 Å². The van der Waals surface area contributed by atoms with Gasteiger partial charge in [0.25, 0.3) is 0 Å². The maximum Gasteiger partial charge on any atom is 0.137 e. The molecule has 0 saturated carbocycles. The number of halogens is 1. The summed E-state index contributed by atoms with van der Waals surface area (Å²) in [6.07, 6.45) is 0.536. The summed E-state index contributed by atoms with van der Waals surface area (Å²) >= 11 is 0. The maximum atomic E-state index is 13.1. The van der Waals surface area contributed by atoms with Crippen molar-refractivity contribution in [2.24, 2.45) is 0 Å². The van der Waals surface area contributed by atoms with Crippen molar-refractivity contribution in [3.05, 3.63) is 0 Å². The lowest BCUT2D eigenvalue weighted by Crippen LogP contribution is -2.56. The highest BCUT2D eigenvalue weighted by atomic mass is 19.1. The molecule has 1 rings (SSSR count). The standard InChI is InChI=1S/C7H14FNO/c1-2-10-4-3-7(8)5-9-6-7/h9H,2-6H2,1H3. The van der Waals surface area contributed by atoms with Crippen LogP contribution in [0, 0.1) is 0 Å². The first kappa shape index (κ1) is 7.95. The molecule has 0 atom stereocenters. The summed E-state index contributed by atoms with van der Waals surface area (Å²) in [6.45, 7) is 4.16. The van der Waals surface area contributed by atoms with Crippen molar-refractivity contribution in [2.75, 3.05) is 26.3 Å². The van der Waals surface area contributed by atoms with Crippen LogP contribution in [-0.2, 0) is 4.74 Å². The van der Waals surface area contributed by atoms with E-state index < -0.39 is 5.67 Å². The van der Waals surface area contributed by atoms with Crippen molar-refractivity contribution in [3.63, 3.8) is 0 Å². The quantitative estimate of drug-likeness (QED) is 0.592. The molecule has 0 bridgehead atoms. The molecule has 0 unspecified atom stereocenters. The summed E-state index contributed by atoms with van der Waals surface area (Å²) in [5, 5.41) is 2.90. The van der Waals surface area contributed by atoms with E-state index in [9.17, 15) is 4.39 Å². The third-order valence-corrected chi connectivity index (χ3v) is 1.78. The largest absolute Gasteiger partial charge is 0.382 e. The van der Waals surface area contributed by atoms with E-state index in [4.69, 9.17) is 4.74 Å². The molecule has 1 saturated heterocycles. The van der Waals surface area contributed by atoms with Gasteiger partial charge in [-0.05, 0) is 6.92 Å². The highest BCUT2D eigenvalue weighted by Gasteiger charge is 2.36. The molecule has 1 aliphatic heterocycles. The van der Waals surface area contributed by atoms with Crippen LogP contribution in [0.5, 0.6) is 0 Å². The van der Waals surface area contributed by atoms with Crippen LogP contribution in [0.15, 0.2) is 0 Å². The fourth-order valence-corrected chi connectivity index (χ4v) is 0.972. The number of rotatable bonds is 4. The molecule has 1 aliphatic rings. The third-order valence-electron chi connectivity index (χ3n) is 1.78. The lowest BCUT2D eigenvalue weighted by atomic mass is 9.96. The van der Waals surface area contributed by atoms with Gasteiger partial charge in [0.1, 0.15) is 5.67 Å². The predicted octanol–water partition coefficient (Wildman–Crippen LogP) is 0.725. The smallest absolute Gasteiger partial charge is 0.137 e. The van der Waals surface area contributed by atoms with Gasteiger partial charge in [0.2, 0.25) is 0 Å².